The first kappa shape index (κ1) is 12.5. The predicted molar refractivity (Wildman–Crippen MR) is 62.6 cm³/mol. The fourth-order valence-electron chi connectivity index (χ4n) is 1.52. The SMILES string of the molecule is CCN(CC)C(C(=O)O)c1ccc(Cl)s1. The fraction of sp³-hybridized carbons (Fsp3) is 0.500. The van der Waals surface area contributed by atoms with Gasteiger partial charge in [-0.05, 0) is 25.2 Å². The maximum atomic E-state index is 11.2. The van der Waals surface area contributed by atoms with Crippen molar-refractivity contribution in [2.75, 3.05) is 13.1 Å². The van der Waals surface area contributed by atoms with Crippen molar-refractivity contribution in [2.24, 2.45) is 0 Å². The van der Waals surface area contributed by atoms with Gasteiger partial charge < -0.3 is 5.11 Å². The molecule has 15 heavy (non-hydrogen) atoms. The van der Waals surface area contributed by atoms with Crippen LogP contribution in [0.3, 0.4) is 0 Å². The van der Waals surface area contributed by atoms with Gasteiger partial charge in [0.2, 0.25) is 0 Å². The molecule has 0 saturated heterocycles. The Balaban J connectivity index is 2.97. The minimum absolute atomic E-state index is 0.572. The van der Waals surface area contributed by atoms with E-state index in [1.165, 1.54) is 11.3 Å². The molecule has 0 aromatic carbocycles. The summed E-state index contributed by atoms with van der Waals surface area (Å²) in [6, 6.07) is 2.95. The van der Waals surface area contributed by atoms with Crippen LogP contribution in [-0.4, -0.2) is 29.1 Å². The lowest BCUT2D eigenvalue weighted by Gasteiger charge is -2.25. The molecule has 5 heteroatoms. The quantitative estimate of drug-likeness (QED) is 0.870. The van der Waals surface area contributed by atoms with Gasteiger partial charge in [0.1, 0.15) is 6.04 Å². The molecule has 0 saturated carbocycles. The smallest absolute Gasteiger partial charge is 0.326 e. The Morgan fingerprint density at radius 3 is 2.47 bits per heavy atom. The molecule has 0 aliphatic heterocycles. The molecule has 0 spiro atoms. The molecule has 0 fully saturated rings. The lowest BCUT2D eigenvalue weighted by Crippen LogP contribution is -2.33. The zero-order valence-corrected chi connectivity index (χ0v) is 10.3. The minimum atomic E-state index is -0.822. The third kappa shape index (κ3) is 2.93. The molecule has 0 aliphatic carbocycles. The van der Waals surface area contributed by atoms with Gasteiger partial charge in [0, 0.05) is 4.88 Å². The summed E-state index contributed by atoms with van der Waals surface area (Å²) in [5.41, 5.74) is 0. The average molecular weight is 248 g/mol. The van der Waals surface area contributed by atoms with E-state index in [2.05, 4.69) is 0 Å². The Morgan fingerprint density at radius 2 is 2.13 bits per heavy atom. The second-order valence-electron chi connectivity index (χ2n) is 3.10. The summed E-state index contributed by atoms with van der Waals surface area (Å²) < 4.78 is 0.628. The number of carboxylic acids is 1. The lowest BCUT2D eigenvalue weighted by atomic mass is 10.2. The second-order valence-corrected chi connectivity index (χ2v) is 4.85. The highest BCUT2D eigenvalue weighted by Gasteiger charge is 2.26. The molecular formula is C10H14ClNO2S. The molecule has 84 valence electrons. The van der Waals surface area contributed by atoms with Crippen molar-refractivity contribution < 1.29 is 9.90 Å². The predicted octanol–water partition coefficient (Wildman–Crippen LogP) is 2.87. The summed E-state index contributed by atoms with van der Waals surface area (Å²) in [5, 5.41) is 9.19. The van der Waals surface area contributed by atoms with Crippen molar-refractivity contribution in [1.82, 2.24) is 4.90 Å². The van der Waals surface area contributed by atoms with Gasteiger partial charge in [-0.3, -0.25) is 9.69 Å². The Kier molecular flexibility index (Phi) is 4.57. The number of thiophene rings is 1. The molecule has 0 radical (unpaired) electrons. The molecule has 0 amide bonds. The van der Waals surface area contributed by atoms with Crippen LogP contribution in [0, 0.1) is 0 Å². The van der Waals surface area contributed by atoms with Crippen LogP contribution in [0.4, 0.5) is 0 Å². The fourth-order valence-corrected chi connectivity index (χ4v) is 2.71. The first-order valence-corrected chi connectivity index (χ1v) is 6.01. The highest BCUT2D eigenvalue weighted by Crippen LogP contribution is 2.30. The van der Waals surface area contributed by atoms with Gasteiger partial charge in [-0.15, -0.1) is 11.3 Å². The second kappa shape index (κ2) is 5.49. The molecule has 1 unspecified atom stereocenters. The monoisotopic (exact) mass is 247 g/mol. The van der Waals surface area contributed by atoms with Gasteiger partial charge in [0.05, 0.1) is 4.34 Å². The number of rotatable bonds is 5. The minimum Gasteiger partial charge on any atom is -0.480 e. The zero-order valence-electron chi connectivity index (χ0n) is 8.74. The topological polar surface area (TPSA) is 40.5 Å². The highest BCUT2D eigenvalue weighted by atomic mass is 35.5. The normalized spacial score (nSPS) is 13.1. The van der Waals surface area contributed by atoms with E-state index in [-0.39, 0.29) is 0 Å². The van der Waals surface area contributed by atoms with E-state index in [4.69, 9.17) is 11.6 Å². The standard InChI is InChI=1S/C10H14ClNO2S/c1-3-12(4-2)9(10(13)14)7-5-6-8(11)15-7/h5-6,9H,3-4H2,1-2H3,(H,13,14). The van der Waals surface area contributed by atoms with Crippen LogP contribution in [0.25, 0.3) is 0 Å². The van der Waals surface area contributed by atoms with Gasteiger partial charge in [-0.2, -0.15) is 0 Å². The molecular weight excluding hydrogens is 234 g/mol. The Morgan fingerprint density at radius 1 is 1.53 bits per heavy atom. The number of hydrogen-bond acceptors (Lipinski definition) is 3. The van der Waals surface area contributed by atoms with Gasteiger partial charge in [0.15, 0.2) is 0 Å². The van der Waals surface area contributed by atoms with Crippen LogP contribution < -0.4 is 0 Å². The third-order valence-electron chi connectivity index (χ3n) is 2.27. The Hall–Kier alpha value is -0.580. The van der Waals surface area contributed by atoms with E-state index in [1.807, 2.05) is 18.7 Å². The number of carbonyl (C=O) groups is 1. The number of aliphatic carboxylic acids is 1. The number of nitrogens with zero attached hydrogens (tertiary/aromatic N) is 1. The molecule has 1 heterocycles. The number of hydrogen-bond donors (Lipinski definition) is 1. The Labute approximate surface area is 98.3 Å². The van der Waals surface area contributed by atoms with Gasteiger partial charge in [-0.1, -0.05) is 25.4 Å². The summed E-state index contributed by atoms with van der Waals surface area (Å²) >= 11 is 7.13. The largest absolute Gasteiger partial charge is 0.480 e. The lowest BCUT2D eigenvalue weighted by molar-refractivity contribution is -0.143. The highest BCUT2D eigenvalue weighted by molar-refractivity contribution is 7.16. The van der Waals surface area contributed by atoms with Crippen LogP contribution in [0.2, 0.25) is 4.34 Å². The van der Waals surface area contributed by atoms with Crippen LogP contribution in [0.15, 0.2) is 12.1 Å². The summed E-state index contributed by atoms with van der Waals surface area (Å²) in [7, 11) is 0. The molecule has 0 aliphatic rings. The molecule has 1 N–H and O–H groups in total. The van der Waals surface area contributed by atoms with Crippen LogP contribution in [0.5, 0.6) is 0 Å². The van der Waals surface area contributed by atoms with E-state index in [9.17, 15) is 9.90 Å². The van der Waals surface area contributed by atoms with Crippen molar-refractivity contribution in [3.63, 3.8) is 0 Å². The molecule has 3 nitrogen and oxygen atoms in total. The number of likely N-dealkylation sites (N-methyl/N-ethyl adjacent to an activating group) is 1. The summed E-state index contributed by atoms with van der Waals surface area (Å²) in [4.78, 5) is 13.9. The van der Waals surface area contributed by atoms with Crippen LogP contribution in [-0.2, 0) is 4.79 Å². The third-order valence-corrected chi connectivity index (χ3v) is 3.56. The molecule has 1 rings (SSSR count). The van der Waals surface area contributed by atoms with Crippen molar-refractivity contribution >= 4 is 28.9 Å². The van der Waals surface area contributed by atoms with E-state index in [0.717, 1.165) is 4.88 Å². The first-order chi connectivity index (χ1) is 7.10. The summed E-state index contributed by atoms with van der Waals surface area (Å²) in [5.74, 6) is -0.822. The van der Waals surface area contributed by atoms with Crippen molar-refractivity contribution in [1.29, 1.82) is 0 Å². The Bertz CT molecular complexity index is 336. The van der Waals surface area contributed by atoms with Crippen molar-refractivity contribution in [2.45, 2.75) is 19.9 Å². The van der Waals surface area contributed by atoms with Gasteiger partial charge in [-0.25, -0.2) is 0 Å². The summed E-state index contributed by atoms with van der Waals surface area (Å²) in [6.45, 7) is 5.33. The van der Waals surface area contributed by atoms with E-state index in [1.54, 1.807) is 12.1 Å². The summed E-state index contributed by atoms with van der Waals surface area (Å²) in [6.07, 6.45) is 0. The molecule has 1 aromatic rings. The zero-order chi connectivity index (χ0) is 11.4. The maximum absolute atomic E-state index is 11.2. The molecule has 0 bridgehead atoms. The maximum Gasteiger partial charge on any atom is 0.326 e. The van der Waals surface area contributed by atoms with Crippen molar-refractivity contribution in [3.05, 3.63) is 21.3 Å². The van der Waals surface area contributed by atoms with Crippen molar-refractivity contribution in [3.8, 4) is 0 Å². The average Bonchev–Trinajstić information content (AvgIpc) is 2.59. The molecule has 1 atom stereocenters. The van der Waals surface area contributed by atoms with Crippen LogP contribution >= 0.6 is 22.9 Å². The van der Waals surface area contributed by atoms with E-state index in [0.29, 0.717) is 17.4 Å². The van der Waals surface area contributed by atoms with Gasteiger partial charge in [0.25, 0.3) is 0 Å². The molecule has 1 aromatic heterocycles. The number of halogens is 1. The first-order valence-electron chi connectivity index (χ1n) is 4.82. The van der Waals surface area contributed by atoms with Crippen LogP contribution in [0.1, 0.15) is 24.8 Å². The van der Waals surface area contributed by atoms with E-state index >= 15 is 0 Å². The number of carboxylic acid groups (broad SMARTS) is 1. The van der Waals surface area contributed by atoms with E-state index < -0.39 is 12.0 Å². The van der Waals surface area contributed by atoms with Gasteiger partial charge >= 0.3 is 5.97 Å².